The zero-order valence-corrected chi connectivity index (χ0v) is 7.64. The summed E-state index contributed by atoms with van der Waals surface area (Å²) < 4.78 is 0. The van der Waals surface area contributed by atoms with E-state index >= 15 is 0 Å². The van der Waals surface area contributed by atoms with Gasteiger partial charge in [0, 0.05) is 0 Å². The quantitative estimate of drug-likeness (QED) is 0.529. The summed E-state index contributed by atoms with van der Waals surface area (Å²) >= 11 is 0. The molecule has 0 saturated heterocycles. The first-order valence-electron chi connectivity index (χ1n) is 5.02. The maximum absolute atomic E-state index is 2.51. The van der Waals surface area contributed by atoms with Gasteiger partial charge in [-0.3, -0.25) is 0 Å². The first-order chi connectivity index (χ1) is 5.32. The van der Waals surface area contributed by atoms with Crippen LogP contribution in [-0.2, 0) is 0 Å². The van der Waals surface area contributed by atoms with Crippen LogP contribution in [0.1, 0.15) is 39.5 Å². The highest BCUT2D eigenvalue weighted by Crippen LogP contribution is 2.56. The van der Waals surface area contributed by atoms with Gasteiger partial charge in [-0.15, -0.1) is 0 Å². The topological polar surface area (TPSA) is 0 Å². The summed E-state index contributed by atoms with van der Waals surface area (Å²) in [6.07, 6.45) is 10.6. The van der Waals surface area contributed by atoms with Gasteiger partial charge in [-0.25, -0.2) is 0 Å². The van der Waals surface area contributed by atoms with Gasteiger partial charge in [0.05, 0.1) is 0 Å². The molecule has 1 fully saturated rings. The Morgan fingerprint density at radius 1 is 1.45 bits per heavy atom. The Hall–Kier alpha value is -0.260. The number of allylic oxidation sites excluding steroid dienone is 2. The van der Waals surface area contributed by atoms with Gasteiger partial charge in [0.25, 0.3) is 0 Å². The van der Waals surface area contributed by atoms with E-state index in [1.165, 1.54) is 25.7 Å². The molecule has 0 aromatic carbocycles. The summed E-state index contributed by atoms with van der Waals surface area (Å²) in [6, 6.07) is 0. The molecule has 3 unspecified atom stereocenters. The van der Waals surface area contributed by atoms with E-state index < -0.39 is 0 Å². The highest BCUT2D eigenvalue weighted by atomic mass is 14.5. The molecule has 0 heterocycles. The maximum Gasteiger partial charge on any atom is -0.00868 e. The van der Waals surface area contributed by atoms with Crippen molar-refractivity contribution in [3.05, 3.63) is 12.2 Å². The van der Waals surface area contributed by atoms with E-state index in [0.717, 1.165) is 11.8 Å². The fourth-order valence-electron chi connectivity index (χ4n) is 3.27. The second-order valence-electron chi connectivity index (χ2n) is 4.16. The van der Waals surface area contributed by atoms with Gasteiger partial charge in [-0.1, -0.05) is 32.4 Å². The van der Waals surface area contributed by atoms with Crippen LogP contribution in [-0.4, -0.2) is 0 Å². The SMILES string of the molecule is CCC1C2C=CC1(CC)CC2. The zero-order chi connectivity index (χ0) is 7.90. The normalized spacial score (nSPS) is 47.1. The third-order valence-corrected chi connectivity index (χ3v) is 3.97. The Morgan fingerprint density at radius 2 is 2.27 bits per heavy atom. The van der Waals surface area contributed by atoms with Crippen LogP contribution in [0, 0.1) is 17.3 Å². The summed E-state index contributed by atoms with van der Waals surface area (Å²) in [5.74, 6) is 1.94. The van der Waals surface area contributed by atoms with Crippen molar-refractivity contribution in [3.63, 3.8) is 0 Å². The highest BCUT2D eigenvalue weighted by molar-refractivity contribution is 5.18. The molecule has 0 nitrogen and oxygen atoms in total. The smallest absolute Gasteiger partial charge is 0.00868 e. The molecule has 0 amide bonds. The molecule has 0 aliphatic heterocycles. The van der Waals surface area contributed by atoms with Crippen molar-refractivity contribution in [2.24, 2.45) is 17.3 Å². The van der Waals surface area contributed by atoms with Gasteiger partial charge in [-0.2, -0.15) is 0 Å². The Bertz CT molecular complexity index is 180. The van der Waals surface area contributed by atoms with Crippen LogP contribution in [0.25, 0.3) is 0 Å². The van der Waals surface area contributed by atoms with Gasteiger partial charge < -0.3 is 0 Å². The summed E-state index contributed by atoms with van der Waals surface area (Å²) in [5, 5.41) is 0. The lowest BCUT2D eigenvalue weighted by molar-refractivity contribution is 0.256. The molecule has 0 aromatic heterocycles. The lowest BCUT2D eigenvalue weighted by atomic mass is 9.76. The molecule has 0 N–H and O–H groups in total. The summed E-state index contributed by atoms with van der Waals surface area (Å²) in [7, 11) is 0. The van der Waals surface area contributed by atoms with Crippen LogP contribution >= 0.6 is 0 Å². The first kappa shape index (κ1) is 7.39. The van der Waals surface area contributed by atoms with Crippen molar-refractivity contribution in [2.45, 2.75) is 39.5 Å². The molecular formula is C11H18. The van der Waals surface area contributed by atoms with Gasteiger partial charge in [0.2, 0.25) is 0 Å². The third-order valence-electron chi connectivity index (χ3n) is 3.97. The Morgan fingerprint density at radius 3 is 2.64 bits per heavy atom. The Kier molecular flexibility index (Phi) is 1.59. The zero-order valence-electron chi connectivity index (χ0n) is 7.64. The molecule has 0 radical (unpaired) electrons. The van der Waals surface area contributed by atoms with Crippen molar-refractivity contribution in [2.75, 3.05) is 0 Å². The average molecular weight is 150 g/mol. The van der Waals surface area contributed by atoms with Crippen molar-refractivity contribution in [1.82, 2.24) is 0 Å². The summed E-state index contributed by atoms with van der Waals surface area (Å²) in [5.41, 5.74) is 0.638. The largest absolute Gasteiger partial charge is 0.0845 e. The third kappa shape index (κ3) is 0.816. The number of fused-ring (bicyclic) bond motifs is 2. The lowest BCUT2D eigenvalue weighted by Gasteiger charge is -2.28. The lowest BCUT2D eigenvalue weighted by Crippen LogP contribution is -2.20. The van der Waals surface area contributed by atoms with Crippen LogP contribution in [0.2, 0.25) is 0 Å². The van der Waals surface area contributed by atoms with E-state index in [9.17, 15) is 0 Å². The number of rotatable bonds is 2. The number of hydrogen-bond donors (Lipinski definition) is 0. The van der Waals surface area contributed by atoms with Crippen LogP contribution < -0.4 is 0 Å². The van der Waals surface area contributed by atoms with Gasteiger partial charge in [0.1, 0.15) is 0 Å². The van der Waals surface area contributed by atoms with Crippen molar-refractivity contribution < 1.29 is 0 Å². The summed E-state index contributed by atoms with van der Waals surface area (Å²) in [4.78, 5) is 0. The van der Waals surface area contributed by atoms with Gasteiger partial charge >= 0.3 is 0 Å². The Labute approximate surface area is 69.7 Å². The summed E-state index contributed by atoms with van der Waals surface area (Å²) in [6.45, 7) is 4.70. The molecule has 0 heteroatoms. The minimum Gasteiger partial charge on any atom is -0.0845 e. The van der Waals surface area contributed by atoms with Crippen LogP contribution in [0.3, 0.4) is 0 Å². The van der Waals surface area contributed by atoms with E-state index in [4.69, 9.17) is 0 Å². The van der Waals surface area contributed by atoms with E-state index in [1.807, 2.05) is 0 Å². The fraction of sp³-hybridized carbons (Fsp3) is 0.818. The van der Waals surface area contributed by atoms with E-state index in [1.54, 1.807) is 0 Å². The van der Waals surface area contributed by atoms with E-state index in [2.05, 4.69) is 26.0 Å². The van der Waals surface area contributed by atoms with Crippen LogP contribution in [0.4, 0.5) is 0 Å². The minimum atomic E-state index is 0.638. The molecule has 3 atom stereocenters. The van der Waals surface area contributed by atoms with Crippen molar-refractivity contribution in [1.29, 1.82) is 0 Å². The van der Waals surface area contributed by atoms with Gasteiger partial charge in [0.15, 0.2) is 0 Å². The van der Waals surface area contributed by atoms with E-state index in [0.29, 0.717) is 5.41 Å². The molecule has 1 saturated carbocycles. The Balaban J connectivity index is 2.25. The van der Waals surface area contributed by atoms with Crippen LogP contribution in [0.15, 0.2) is 12.2 Å². The number of hydrogen-bond acceptors (Lipinski definition) is 0. The maximum atomic E-state index is 2.51. The van der Waals surface area contributed by atoms with Crippen LogP contribution in [0.5, 0.6) is 0 Å². The molecule has 2 aliphatic carbocycles. The minimum absolute atomic E-state index is 0.638. The first-order valence-corrected chi connectivity index (χ1v) is 5.02. The molecule has 2 aliphatic rings. The molecule has 62 valence electrons. The fourth-order valence-corrected chi connectivity index (χ4v) is 3.27. The molecule has 2 bridgehead atoms. The molecule has 0 aromatic rings. The van der Waals surface area contributed by atoms with E-state index in [-0.39, 0.29) is 0 Å². The molecular weight excluding hydrogens is 132 g/mol. The predicted molar refractivity (Wildman–Crippen MR) is 48.4 cm³/mol. The second-order valence-corrected chi connectivity index (χ2v) is 4.16. The van der Waals surface area contributed by atoms with Gasteiger partial charge in [-0.05, 0) is 36.5 Å². The predicted octanol–water partition coefficient (Wildman–Crippen LogP) is 3.39. The highest BCUT2D eigenvalue weighted by Gasteiger charge is 2.47. The monoisotopic (exact) mass is 150 g/mol. The molecule has 0 spiro atoms. The van der Waals surface area contributed by atoms with Crippen molar-refractivity contribution in [3.8, 4) is 0 Å². The standard InChI is InChI=1S/C11H18/c1-3-10-9-5-7-11(10,4-2)8-6-9/h5,7,9-10H,3-4,6,8H2,1-2H3. The average Bonchev–Trinajstić information content (AvgIpc) is 2.58. The van der Waals surface area contributed by atoms with Crippen molar-refractivity contribution >= 4 is 0 Å². The molecule has 11 heavy (non-hydrogen) atoms. The molecule has 2 rings (SSSR count). The second kappa shape index (κ2) is 2.36.